The molecule has 1 aliphatic carbocycles. The van der Waals surface area contributed by atoms with Gasteiger partial charge in [0.2, 0.25) is 0 Å². The molecule has 1 saturated carbocycles. The molecular formula is C11H12ClNO2S. The third-order valence-electron chi connectivity index (χ3n) is 3.76. The Bertz CT molecular complexity index is 569. The standard InChI is InChI=1S/C11H12ClNO2S/c12-7-1-2-9-8(5-7)11(6-10(11)13)3-4-16(9,14)15/h1-2,5,10H,3-4,6,13H2. The van der Waals surface area contributed by atoms with Crippen LogP contribution in [0.3, 0.4) is 0 Å². The lowest BCUT2D eigenvalue weighted by Gasteiger charge is -2.26. The van der Waals surface area contributed by atoms with Gasteiger partial charge in [-0.25, -0.2) is 8.42 Å². The average Bonchev–Trinajstić information content (AvgIpc) is 2.86. The van der Waals surface area contributed by atoms with Gasteiger partial charge in [0.05, 0.1) is 10.6 Å². The summed E-state index contributed by atoms with van der Waals surface area (Å²) in [5.41, 5.74) is 6.66. The molecule has 2 atom stereocenters. The van der Waals surface area contributed by atoms with Gasteiger partial charge >= 0.3 is 0 Å². The Kier molecular flexibility index (Phi) is 1.98. The molecule has 1 aromatic rings. The molecule has 1 fully saturated rings. The van der Waals surface area contributed by atoms with Crippen LogP contribution < -0.4 is 5.73 Å². The highest BCUT2D eigenvalue weighted by Gasteiger charge is 2.57. The Balaban J connectivity index is 2.28. The molecule has 1 aromatic carbocycles. The van der Waals surface area contributed by atoms with E-state index in [4.69, 9.17) is 17.3 Å². The quantitative estimate of drug-likeness (QED) is 0.766. The summed E-state index contributed by atoms with van der Waals surface area (Å²) >= 11 is 5.94. The zero-order valence-electron chi connectivity index (χ0n) is 8.61. The first-order chi connectivity index (χ1) is 7.46. The molecule has 0 saturated heterocycles. The smallest absolute Gasteiger partial charge is 0.178 e. The molecule has 1 heterocycles. The number of sulfone groups is 1. The summed E-state index contributed by atoms with van der Waals surface area (Å²) in [5, 5.41) is 0.578. The summed E-state index contributed by atoms with van der Waals surface area (Å²) in [7, 11) is -3.13. The van der Waals surface area contributed by atoms with Gasteiger partial charge in [0, 0.05) is 16.5 Å². The van der Waals surface area contributed by atoms with Crippen LogP contribution in [-0.4, -0.2) is 20.2 Å². The fourth-order valence-electron chi connectivity index (χ4n) is 2.65. The third-order valence-corrected chi connectivity index (χ3v) is 5.77. The lowest BCUT2D eigenvalue weighted by Crippen LogP contribution is -2.29. The van der Waals surface area contributed by atoms with Crippen LogP contribution in [-0.2, 0) is 15.3 Å². The van der Waals surface area contributed by atoms with Crippen LogP contribution in [0.2, 0.25) is 5.02 Å². The van der Waals surface area contributed by atoms with Crippen molar-refractivity contribution in [1.29, 1.82) is 0 Å². The highest BCUT2D eigenvalue weighted by Crippen LogP contribution is 2.55. The summed E-state index contributed by atoms with van der Waals surface area (Å²) in [5.74, 6) is 0.204. The molecule has 0 radical (unpaired) electrons. The maximum absolute atomic E-state index is 11.9. The van der Waals surface area contributed by atoms with E-state index in [1.807, 2.05) is 0 Å². The lowest BCUT2D eigenvalue weighted by atomic mass is 9.92. The lowest BCUT2D eigenvalue weighted by molar-refractivity contribution is 0.551. The molecule has 1 spiro atoms. The van der Waals surface area contributed by atoms with Crippen LogP contribution in [0.4, 0.5) is 0 Å². The zero-order valence-corrected chi connectivity index (χ0v) is 10.2. The largest absolute Gasteiger partial charge is 0.327 e. The van der Waals surface area contributed by atoms with E-state index in [2.05, 4.69) is 0 Å². The molecule has 0 aromatic heterocycles. The monoisotopic (exact) mass is 257 g/mol. The second kappa shape index (κ2) is 3.00. The van der Waals surface area contributed by atoms with Gasteiger partial charge in [-0.1, -0.05) is 11.6 Å². The minimum atomic E-state index is -3.13. The molecule has 2 unspecified atom stereocenters. The Morgan fingerprint density at radius 1 is 1.44 bits per heavy atom. The van der Waals surface area contributed by atoms with Crippen molar-refractivity contribution in [2.75, 3.05) is 5.75 Å². The van der Waals surface area contributed by atoms with Gasteiger partial charge in [0.1, 0.15) is 0 Å². The van der Waals surface area contributed by atoms with Gasteiger partial charge in [0.25, 0.3) is 0 Å². The van der Waals surface area contributed by atoms with E-state index < -0.39 is 9.84 Å². The van der Waals surface area contributed by atoms with Crippen LogP contribution in [0.5, 0.6) is 0 Å². The first-order valence-electron chi connectivity index (χ1n) is 5.24. The Morgan fingerprint density at radius 3 is 2.75 bits per heavy atom. The normalized spacial score (nSPS) is 34.8. The Morgan fingerprint density at radius 2 is 2.12 bits per heavy atom. The Labute approximate surface area is 99.5 Å². The van der Waals surface area contributed by atoms with Crippen molar-refractivity contribution >= 4 is 21.4 Å². The van der Waals surface area contributed by atoms with Gasteiger partial charge in [-0.05, 0) is 36.6 Å². The van der Waals surface area contributed by atoms with E-state index in [1.54, 1.807) is 18.2 Å². The highest BCUT2D eigenvalue weighted by molar-refractivity contribution is 7.91. The molecule has 0 bridgehead atoms. The van der Waals surface area contributed by atoms with E-state index in [1.165, 1.54) is 0 Å². The second-order valence-electron chi connectivity index (χ2n) is 4.68. The van der Waals surface area contributed by atoms with Crippen molar-refractivity contribution in [2.45, 2.75) is 29.2 Å². The molecule has 86 valence electrons. The summed E-state index contributed by atoms with van der Waals surface area (Å²) in [6, 6.07) is 5.09. The maximum atomic E-state index is 11.9. The van der Waals surface area contributed by atoms with Crippen molar-refractivity contribution in [3.63, 3.8) is 0 Å². The topological polar surface area (TPSA) is 60.2 Å². The van der Waals surface area contributed by atoms with E-state index in [0.29, 0.717) is 16.3 Å². The van der Waals surface area contributed by atoms with Crippen LogP contribution in [0.15, 0.2) is 23.1 Å². The summed E-state index contributed by atoms with van der Waals surface area (Å²) < 4.78 is 23.8. The third kappa shape index (κ3) is 1.27. The average molecular weight is 258 g/mol. The predicted molar refractivity (Wildman–Crippen MR) is 62.4 cm³/mol. The molecule has 5 heteroatoms. The number of hydrogen-bond acceptors (Lipinski definition) is 3. The first-order valence-corrected chi connectivity index (χ1v) is 7.27. The fraction of sp³-hybridized carbons (Fsp3) is 0.455. The number of hydrogen-bond donors (Lipinski definition) is 1. The molecule has 0 amide bonds. The fourth-order valence-corrected chi connectivity index (χ4v) is 4.55. The first kappa shape index (κ1) is 10.6. The number of benzene rings is 1. The van der Waals surface area contributed by atoms with Gasteiger partial charge in [-0.3, -0.25) is 0 Å². The molecule has 2 N–H and O–H groups in total. The van der Waals surface area contributed by atoms with Crippen LogP contribution >= 0.6 is 11.6 Å². The van der Waals surface area contributed by atoms with Crippen molar-refractivity contribution in [3.8, 4) is 0 Å². The molecule has 2 aliphatic rings. The minimum Gasteiger partial charge on any atom is -0.327 e. The Hall–Kier alpha value is -0.580. The van der Waals surface area contributed by atoms with E-state index >= 15 is 0 Å². The molecule has 1 aliphatic heterocycles. The molecular weight excluding hydrogens is 246 g/mol. The summed E-state index contributed by atoms with van der Waals surface area (Å²) in [6.07, 6.45) is 1.50. The van der Waals surface area contributed by atoms with Crippen molar-refractivity contribution in [2.24, 2.45) is 5.73 Å². The highest BCUT2D eigenvalue weighted by atomic mass is 35.5. The summed E-state index contributed by atoms with van der Waals surface area (Å²) in [6.45, 7) is 0. The molecule has 3 rings (SSSR count). The number of halogens is 1. The van der Waals surface area contributed by atoms with Crippen LogP contribution in [0.25, 0.3) is 0 Å². The van der Waals surface area contributed by atoms with Crippen molar-refractivity contribution < 1.29 is 8.42 Å². The van der Waals surface area contributed by atoms with Crippen molar-refractivity contribution in [1.82, 2.24) is 0 Å². The number of nitrogens with two attached hydrogens (primary N) is 1. The SMILES string of the molecule is NC1CC12CCS(=O)(=O)c1ccc(Cl)cc12. The minimum absolute atomic E-state index is 0.0835. The van der Waals surface area contributed by atoms with Gasteiger partial charge in [-0.2, -0.15) is 0 Å². The summed E-state index contributed by atoms with van der Waals surface area (Å²) in [4.78, 5) is 0.427. The number of fused-ring (bicyclic) bond motifs is 2. The van der Waals surface area contributed by atoms with Gasteiger partial charge in [-0.15, -0.1) is 0 Å². The number of rotatable bonds is 0. The van der Waals surface area contributed by atoms with Gasteiger partial charge < -0.3 is 5.73 Å². The van der Waals surface area contributed by atoms with Crippen LogP contribution in [0, 0.1) is 0 Å². The second-order valence-corrected chi connectivity index (χ2v) is 7.19. The van der Waals surface area contributed by atoms with Crippen molar-refractivity contribution in [3.05, 3.63) is 28.8 Å². The predicted octanol–water partition coefficient (Wildman–Crippen LogP) is 1.49. The molecule has 3 nitrogen and oxygen atoms in total. The van der Waals surface area contributed by atoms with Crippen LogP contribution in [0.1, 0.15) is 18.4 Å². The van der Waals surface area contributed by atoms with E-state index in [9.17, 15) is 8.42 Å². The maximum Gasteiger partial charge on any atom is 0.178 e. The van der Waals surface area contributed by atoms with Gasteiger partial charge in [0.15, 0.2) is 9.84 Å². The molecule has 16 heavy (non-hydrogen) atoms. The zero-order chi connectivity index (χ0) is 11.6. The van der Waals surface area contributed by atoms with E-state index in [-0.39, 0.29) is 17.2 Å². The van der Waals surface area contributed by atoms with E-state index in [0.717, 1.165) is 12.0 Å².